The van der Waals surface area contributed by atoms with E-state index in [-0.39, 0.29) is 6.61 Å². The van der Waals surface area contributed by atoms with Crippen LogP contribution in [-0.2, 0) is 11.3 Å². The van der Waals surface area contributed by atoms with E-state index in [1.165, 1.54) is 16.5 Å². The number of nitrogens with one attached hydrogen (secondary N) is 2. The quantitative estimate of drug-likeness (QED) is 0.632. The second-order valence-electron chi connectivity index (χ2n) is 3.87. The van der Waals surface area contributed by atoms with Gasteiger partial charge in [0, 0.05) is 30.2 Å². The Morgan fingerprint density at radius 3 is 3.06 bits per heavy atom. The molecule has 0 bridgehead atoms. The molecule has 0 aliphatic rings. The van der Waals surface area contributed by atoms with Crippen molar-refractivity contribution in [3.8, 4) is 0 Å². The molecule has 2 rings (SSSR count). The van der Waals surface area contributed by atoms with Gasteiger partial charge in [-0.15, -0.1) is 0 Å². The van der Waals surface area contributed by atoms with Crippen molar-refractivity contribution >= 4 is 10.9 Å². The Hall–Kier alpha value is -1.36. The third-order valence-corrected chi connectivity index (χ3v) is 2.66. The Bertz CT molecular complexity index is 453. The smallest absolute Gasteiger partial charge is 0.0698 e. The maximum Gasteiger partial charge on any atom is 0.0698 e. The highest BCUT2D eigenvalue weighted by Crippen LogP contribution is 2.16. The van der Waals surface area contributed by atoms with Gasteiger partial charge in [0.25, 0.3) is 0 Å². The van der Waals surface area contributed by atoms with Crippen LogP contribution in [0.4, 0.5) is 0 Å². The van der Waals surface area contributed by atoms with Crippen LogP contribution < -0.4 is 5.32 Å². The summed E-state index contributed by atoms with van der Waals surface area (Å²) in [6, 6.07) is 8.34. The average molecular weight is 234 g/mol. The van der Waals surface area contributed by atoms with Gasteiger partial charge in [-0.1, -0.05) is 12.1 Å². The Kier molecular flexibility index (Phi) is 4.55. The molecule has 4 heteroatoms. The van der Waals surface area contributed by atoms with Crippen molar-refractivity contribution < 1.29 is 9.84 Å². The monoisotopic (exact) mass is 234 g/mol. The summed E-state index contributed by atoms with van der Waals surface area (Å²) >= 11 is 0. The molecule has 2 aromatic rings. The van der Waals surface area contributed by atoms with Crippen LogP contribution in [-0.4, -0.2) is 36.5 Å². The third kappa shape index (κ3) is 3.30. The van der Waals surface area contributed by atoms with Gasteiger partial charge < -0.3 is 20.1 Å². The van der Waals surface area contributed by atoms with E-state index >= 15 is 0 Å². The molecule has 1 aromatic carbocycles. The lowest BCUT2D eigenvalue weighted by molar-refractivity contribution is 0.0938. The van der Waals surface area contributed by atoms with Crippen LogP contribution in [0.25, 0.3) is 10.9 Å². The van der Waals surface area contributed by atoms with E-state index in [0.29, 0.717) is 13.2 Å². The number of aliphatic hydroxyl groups excluding tert-OH is 1. The summed E-state index contributed by atoms with van der Waals surface area (Å²) in [5, 5.41) is 13.1. The summed E-state index contributed by atoms with van der Waals surface area (Å²) in [5.41, 5.74) is 2.45. The van der Waals surface area contributed by atoms with Crippen LogP contribution in [0.15, 0.2) is 30.5 Å². The van der Waals surface area contributed by atoms with Crippen LogP contribution in [0.5, 0.6) is 0 Å². The van der Waals surface area contributed by atoms with Gasteiger partial charge in [0.1, 0.15) is 0 Å². The molecule has 0 saturated heterocycles. The van der Waals surface area contributed by atoms with Crippen LogP contribution in [0.1, 0.15) is 5.56 Å². The molecule has 92 valence electrons. The highest BCUT2D eigenvalue weighted by molar-refractivity contribution is 5.82. The molecule has 1 heterocycles. The van der Waals surface area contributed by atoms with Gasteiger partial charge in [0.05, 0.1) is 19.8 Å². The second-order valence-corrected chi connectivity index (χ2v) is 3.87. The van der Waals surface area contributed by atoms with Crippen LogP contribution in [0.2, 0.25) is 0 Å². The number of fused-ring (bicyclic) bond motifs is 1. The predicted molar refractivity (Wildman–Crippen MR) is 67.9 cm³/mol. The summed E-state index contributed by atoms with van der Waals surface area (Å²) in [5.74, 6) is 0. The van der Waals surface area contributed by atoms with Crippen molar-refractivity contribution in [2.75, 3.05) is 26.4 Å². The number of aromatic amines is 1. The molecule has 0 spiro atoms. The molecule has 0 aliphatic carbocycles. The Labute approximate surface area is 101 Å². The Balaban J connectivity index is 1.80. The third-order valence-electron chi connectivity index (χ3n) is 2.66. The largest absolute Gasteiger partial charge is 0.394 e. The minimum Gasteiger partial charge on any atom is -0.394 e. The number of hydrogen-bond acceptors (Lipinski definition) is 3. The summed E-state index contributed by atoms with van der Waals surface area (Å²) in [4.78, 5) is 3.20. The number of aliphatic hydroxyl groups is 1. The van der Waals surface area contributed by atoms with Crippen molar-refractivity contribution in [3.63, 3.8) is 0 Å². The second kappa shape index (κ2) is 6.39. The van der Waals surface area contributed by atoms with Gasteiger partial charge in [-0.25, -0.2) is 0 Å². The van der Waals surface area contributed by atoms with Gasteiger partial charge >= 0.3 is 0 Å². The maximum absolute atomic E-state index is 8.55. The van der Waals surface area contributed by atoms with E-state index in [9.17, 15) is 0 Å². The topological polar surface area (TPSA) is 57.3 Å². The minimum absolute atomic E-state index is 0.0860. The number of ether oxygens (including phenoxy) is 1. The van der Waals surface area contributed by atoms with Crippen molar-refractivity contribution in [2.24, 2.45) is 0 Å². The SMILES string of the molecule is OCCOCCNCc1cccc2[nH]ccc12. The number of rotatable bonds is 7. The average Bonchev–Trinajstić information content (AvgIpc) is 2.82. The van der Waals surface area contributed by atoms with Gasteiger partial charge in [-0.2, -0.15) is 0 Å². The molecule has 0 amide bonds. The van der Waals surface area contributed by atoms with E-state index in [1.807, 2.05) is 6.20 Å². The number of aromatic nitrogens is 1. The van der Waals surface area contributed by atoms with Crippen molar-refractivity contribution in [2.45, 2.75) is 6.54 Å². The lowest BCUT2D eigenvalue weighted by Gasteiger charge is -2.06. The van der Waals surface area contributed by atoms with Gasteiger partial charge in [-0.05, 0) is 17.7 Å². The minimum atomic E-state index is 0.0860. The molecule has 0 atom stereocenters. The summed E-state index contributed by atoms with van der Waals surface area (Å²) in [6.45, 7) is 2.75. The van der Waals surface area contributed by atoms with E-state index in [1.54, 1.807) is 0 Å². The normalized spacial score (nSPS) is 11.1. The molecular formula is C13H18N2O2. The lowest BCUT2D eigenvalue weighted by Crippen LogP contribution is -2.20. The molecule has 0 fully saturated rings. The summed E-state index contributed by atoms with van der Waals surface area (Å²) in [7, 11) is 0. The zero-order valence-electron chi connectivity index (χ0n) is 9.78. The fourth-order valence-electron chi connectivity index (χ4n) is 1.84. The summed E-state index contributed by atoms with van der Waals surface area (Å²) in [6.07, 6.45) is 1.96. The number of hydrogen-bond donors (Lipinski definition) is 3. The molecule has 0 saturated carbocycles. The first-order valence-corrected chi connectivity index (χ1v) is 5.86. The van der Waals surface area contributed by atoms with Gasteiger partial charge in [-0.3, -0.25) is 0 Å². The molecule has 1 aromatic heterocycles. The Morgan fingerprint density at radius 1 is 1.24 bits per heavy atom. The number of H-pyrrole nitrogens is 1. The highest BCUT2D eigenvalue weighted by atomic mass is 16.5. The van der Waals surface area contributed by atoms with Crippen LogP contribution in [0, 0.1) is 0 Å². The Morgan fingerprint density at radius 2 is 2.18 bits per heavy atom. The molecule has 0 radical (unpaired) electrons. The van der Waals surface area contributed by atoms with E-state index in [2.05, 4.69) is 34.6 Å². The first-order chi connectivity index (χ1) is 8.42. The van der Waals surface area contributed by atoms with E-state index < -0.39 is 0 Å². The van der Waals surface area contributed by atoms with Crippen LogP contribution >= 0.6 is 0 Å². The molecule has 0 aliphatic heterocycles. The number of benzene rings is 1. The van der Waals surface area contributed by atoms with Gasteiger partial charge in [0.15, 0.2) is 0 Å². The van der Waals surface area contributed by atoms with E-state index in [0.717, 1.165) is 13.1 Å². The highest BCUT2D eigenvalue weighted by Gasteiger charge is 2.00. The first kappa shape index (κ1) is 12.1. The molecular weight excluding hydrogens is 216 g/mol. The molecule has 0 unspecified atom stereocenters. The van der Waals surface area contributed by atoms with Crippen molar-refractivity contribution in [1.29, 1.82) is 0 Å². The zero-order chi connectivity index (χ0) is 11.9. The zero-order valence-corrected chi connectivity index (χ0v) is 9.78. The first-order valence-electron chi connectivity index (χ1n) is 5.86. The molecule has 4 nitrogen and oxygen atoms in total. The fraction of sp³-hybridized carbons (Fsp3) is 0.385. The van der Waals surface area contributed by atoms with Crippen molar-refractivity contribution in [1.82, 2.24) is 10.3 Å². The molecule has 3 N–H and O–H groups in total. The van der Waals surface area contributed by atoms with Crippen LogP contribution in [0.3, 0.4) is 0 Å². The summed E-state index contributed by atoms with van der Waals surface area (Å²) < 4.78 is 5.17. The standard InChI is InChI=1S/C13H18N2O2/c16-7-9-17-8-6-14-10-11-2-1-3-13-12(11)4-5-15-13/h1-5,14-16H,6-10H2. The maximum atomic E-state index is 8.55. The van der Waals surface area contributed by atoms with Gasteiger partial charge in [0.2, 0.25) is 0 Å². The molecule has 17 heavy (non-hydrogen) atoms. The fourth-order valence-corrected chi connectivity index (χ4v) is 1.84. The van der Waals surface area contributed by atoms with E-state index in [4.69, 9.17) is 9.84 Å². The van der Waals surface area contributed by atoms with Crippen molar-refractivity contribution in [3.05, 3.63) is 36.0 Å². The predicted octanol–water partition coefficient (Wildman–Crippen LogP) is 1.27. The lowest BCUT2D eigenvalue weighted by atomic mass is 10.1.